The fraction of sp³-hybridized carbons (Fsp3) is 0.529. The summed E-state index contributed by atoms with van der Waals surface area (Å²) in [4.78, 5) is 24.7. The number of hydrogen-bond acceptors (Lipinski definition) is 4. The van der Waals surface area contributed by atoms with Crippen LogP contribution in [0.1, 0.15) is 38.8 Å². The first-order valence-electron chi connectivity index (χ1n) is 7.61. The van der Waals surface area contributed by atoms with Crippen LogP contribution < -0.4 is 5.32 Å². The molecule has 2 rings (SSSR count). The molecule has 23 heavy (non-hydrogen) atoms. The molecule has 5 nitrogen and oxygen atoms in total. The number of fused-ring (bicyclic) bond motifs is 1. The summed E-state index contributed by atoms with van der Waals surface area (Å²) in [5.74, 6) is -0.460. The number of amides is 1. The minimum absolute atomic E-state index is 0.244. The lowest BCUT2D eigenvalue weighted by Gasteiger charge is -2.29. The first kappa shape index (κ1) is 17.6. The Hall–Kier alpha value is -1.75. The highest BCUT2D eigenvalue weighted by molar-refractivity contribution is 6.30. The Balaban J connectivity index is 2.26. The number of esters is 1. The van der Waals surface area contributed by atoms with Gasteiger partial charge in [-0.25, -0.2) is 9.59 Å². The highest BCUT2D eigenvalue weighted by Gasteiger charge is 2.47. The second kappa shape index (κ2) is 6.40. The lowest BCUT2D eigenvalue weighted by molar-refractivity contribution is -0.150. The van der Waals surface area contributed by atoms with Crippen molar-refractivity contribution >= 4 is 23.7 Å². The number of halogens is 1. The SMILES string of the molecule is CCOC(=O)C1(NC(=O)OC(C)(C)C)Cc2ccc(Cl)cc2C1. The van der Waals surface area contributed by atoms with Crippen molar-refractivity contribution in [3.63, 3.8) is 0 Å². The van der Waals surface area contributed by atoms with Gasteiger partial charge in [0.1, 0.15) is 11.1 Å². The van der Waals surface area contributed by atoms with Crippen LogP contribution in [0.3, 0.4) is 0 Å². The molecule has 0 spiro atoms. The average Bonchev–Trinajstić information content (AvgIpc) is 2.75. The van der Waals surface area contributed by atoms with Gasteiger partial charge in [0.2, 0.25) is 0 Å². The summed E-state index contributed by atoms with van der Waals surface area (Å²) in [5.41, 5.74) is 0.111. The highest BCUT2D eigenvalue weighted by atomic mass is 35.5. The van der Waals surface area contributed by atoms with E-state index in [1.807, 2.05) is 12.1 Å². The van der Waals surface area contributed by atoms with Crippen molar-refractivity contribution in [3.05, 3.63) is 34.3 Å². The quantitative estimate of drug-likeness (QED) is 0.858. The molecule has 0 fully saturated rings. The first-order valence-corrected chi connectivity index (χ1v) is 7.99. The van der Waals surface area contributed by atoms with Gasteiger partial charge in [-0.1, -0.05) is 17.7 Å². The van der Waals surface area contributed by atoms with Crippen molar-refractivity contribution in [2.45, 2.75) is 51.7 Å². The van der Waals surface area contributed by atoms with E-state index in [1.165, 1.54) is 0 Å². The van der Waals surface area contributed by atoms with Crippen molar-refractivity contribution in [1.29, 1.82) is 0 Å². The molecule has 0 heterocycles. The highest BCUT2D eigenvalue weighted by Crippen LogP contribution is 2.33. The van der Waals surface area contributed by atoms with Crippen LogP contribution in [-0.4, -0.2) is 29.8 Å². The van der Waals surface area contributed by atoms with Gasteiger partial charge in [-0.2, -0.15) is 0 Å². The summed E-state index contributed by atoms with van der Waals surface area (Å²) in [6.07, 6.45) is 0.0582. The van der Waals surface area contributed by atoms with E-state index in [2.05, 4.69) is 5.32 Å². The van der Waals surface area contributed by atoms with Crippen LogP contribution in [-0.2, 0) is 27.1 Å². The fourth-order valence-corrected chi connectivity index (χ4v) is 2.89. The van der Waals surface area contributed by atoms with Gasteiger partial charge in [0.25, 0.3) is 0 Å². The van der Waals surface area contributed by atoms with Crippen LogP contribution in [0.2, 0.25) is 5.02 Å². The van der Waals surface area contributed by atoms with E-state index in [-0.39, 0.29) is 6.61 Å². The van der Waals surface area contributed by atoms with Crippen molar-refractivity contribution in [3.8, 4) is 0 Å². The largest absolute Gasteiger partial charge is 0.464 e. The van der Waals surface area contributed by atoms with E-state index < -0.39 is 23.2 Å². The number of hydrogen-bond donors (Lipinski definition) is 1. The van der Waals surface area contributed by atoms with Crippen molar-refractivity contribution in [2.24, 2.45) is 0 Å². The molecule has 1 amide bonds. The molecule has 0 radical (unpaired) electrons. The van der Waals surface area contributed by atoms with Gasteiger partial charge in [-0.3, -0.25) is 0 Å². The van der Waals surface area contributed by atoms with Crippen LogP contribution in [0.5, 0.6) is 0 Å². The molecule has 126 valence electrons. The Bertz CT molecular complexity index is 624. The maximum Gasteiger partial charge on any atom is 0.408 e. The number of rotatable bonds is 3. The van der Waals surface area contributed by atoms with Crippen LogP contribution >= 0.6 is 11.6 Å². The zero-order valence-corrected chi connectivity index (χ0v) is 14.6. The van der Waals surface area contributed by atoms with Crippen LogP contribution in [0, 0.1) is 0 Å². The van der Waals surface area contributed by atoms with Crippen LogP contribution in [0.15, 0.2) is 18.2 Å². The first-order chi connectivity index (χ1) is 10.6. The summed E-state index contributed by atoms with van der Waals surface area (Å²) < 4.78 is 10.5. The molecule has 0 saturated carbocycles. The second-order valence-electron chi connectivity index (χ2n) is 6.70. The van der Waals surface area contributed by atoms with Gasteiger partial charge < -0.3 is 14.8 Å². The Labute approximate surface area is 141 Å². The molecule has 1 aliphatic carbocycles. The third-order valence-corrected chi connectivity index (χ3v) is 3.79. The maximum absolute atomic E-state index is 12.5. The third-order valence-electron chi connectivity index (χ3n) is 3.56. The fourth-order valence-electron chi connectivity index (χ4n) is 2.70. The van der Waals surface area contributed by atoms with Gasteiger partial charge in [0, 0.05) is 17.9 Å². The second-order valence-corrected chi connectivity index (χ2v) is 7.13. The van der Waals surface area contributed by atoms with Crippen molar-refractivity contribution < 1.29 is 19.1 Å². The topological polar surface area (TPSA) is 64.6 Å². The van der Waals surface area contributed by atoms with E-state index in [4.69, 9.17) is 21.1 Å². The lowest BCUT2D eigenvalue weighted by atomic mass is 9.96. The summed E-state index contributed by atoms with van der Waals surface area (Å²) in [5, 5.41) is 3.32. The molecule has 1 N–H and O–H groups in total. The molecular formula is C17H22ClNO4. The molecule has 0 aromatic heterocycles. The van der Waals surface area contributed by atoms with Gasteiger partial charge in [0.15, 0.2) is 0 Å². The third kappa shape index (κ3) is 4.16. The average molecular weight is 340 g/mol. The minimum atomic E-state index is -1.15. The van der Waals surface area contributed by atoms with Gasteiger partial charge in [0.05, 0.1) is 6.61 Å². The molecular weight excluding hydrogens is 318 g/mol. The molecule has 0 aliphatic heterocycles. The molecule has 6 heteroatoms. The summed E-state index contributed by atoms with van der Waals surface area (Å²) in [6, 6.07) is 5.46. The molecule has 1 aromatic rings. The number of ether oxygens (including phenoxy) is 2. The molecule has 0 saturated heterocycles. The Kier molecular flexibility index (Phi) is 4.90. The monoisotopic (exact) mass is 339 g/mol. The summed E-state index contributed by atoms with van der Waals surface area (Å²) in [6.45, 7) is 7.29. The Morgan fingerprint density at radius 3 is 2.52 bits per heavy atom. The standard InChI is InChI=1S/C17H22ClNO4/c1-5-22-14(20)17(19-15(21)23-16(2,3)4)9-11-6-7-13(18)8-12(11)10-17/h6-8H,5,9-10H2,1-4H3,(H,19,21). The number of nitrogens with one attached hydrogen (secondary N) is 1. The minimum Gasteiger partial charge on any atom is -0.464 e. The lowest BCUT2D eigenvalue weighted by Crippen LogP contribution is -2.57. The predicted octanol–water partition coefficient (Wildman–Crippen LogP) is 3.27. The molecule has 0 bridgehead atoms. The van der Waals surface area contributed by atoms with Crippen LogP contribution in [0.4, 0.5) is 4.79 Å². The predicted molar refractivity (Wildman–Crippen MR) is 87.6 cm³/mol. The van der Waals surface area contributed by atoms with E-state index in [9.17, 15) is 9.59 Å². The maximum atomic E-state index is 12.5. The molecule has 1 aliphatic rings. The van der Waals surface area contributed by atoms with E-state index in [0.29, 0.717) is 17.9 Å². The number of carbonyl (C=O) groups is 2. The van der Waals surface area contributed by atoms with Gasteiger partial charge in [-0.15, -0.1) is 0 Å². The van der Waals surface area contributed by atoms with Crippen molar-refractivity contribution in [2.75, 3.05) is 6.61 Å². The van der Waals surface area contributed by atoms with E-state index in [0.717, 1.165) is 11.1 Å². The Morgan fingerprint density at radius 2 is 1.91 bits per heavy atom. The van der Waals surface area contributed by atoms with E-state index in [1.54, 1.807) is 33.8 Å². The van der Waals surface area contributed by atoms with Gasteiger partial charge >= 0.3 is 12.1 Å². The summed E-state index contributed by atoms with van der Waals surface area (Å²) in [7, 11) is 0. The number of benzene rings is 1. The molecule has 1 atom stereocenters. The summed E-state index contributed by atoms with van der Waals surface area (Å²) >= 11 is 6.02. The Morgan fingerprint density at radius 1 is 1.26 bits per heavy atom. The van der Waals surface area contributed by atoms with Crippen LogP contribution in [0.25, 0.3) is 0 Å². The number of carbonyl (C=O) groups excluding carboxylic acids is 2. The van der Waals surface area contributed by atoms with E-state index >= 15 is 0 Å². The van der Waals surface area contributed by atoms with Gasteiger partial charge in [-0.05, 0) is 51.0 Å². The number of alkyl carbamates (subject to hydrolysis) is 1. The van der Waals surface area contributed by atoms with Crippen molar-refractivity contribution in [1.82, 2.24) is 5.32 Å². The molecule has 1 unspecified atom stereocenters. The zero-order chi connectivity index (χ0) is 17.3. The zero-order valence-electron chi connectivity index (χ0n) is 13.9. The molecule has 1 aromatic carbocycles. The normalized spacial score (nSPS) is 19.9. The smallest absolute Gasteiger partial charge is 0.408 e.